The molecule has 0 saturated carbocycles. The van der Waals surface area contributed by atoms with Gasteiger partial charge in [0.15, 0.2) is 0 Å². The van der Waals surface area contributed by atoms with E-state index in [2.05, 4.69) is 6.92 Å². The van der Waals surface area contributed by atoms with Crippen molar-refractivity contribution in [2.24, 2.45) is 0 Å². The molecule has 3 heteroatoms. The molecule has 0 fully saturated rings. The van der Waals surface area contributed by atoms with E-state index in [1.165, 1.54) is 44.9 Å². The Labute approximate surface area is 134 Å². The van der Waals surface area contributed by atoms with E-state index in [4.69, 9.17) is 9.84 Å². The molecule has 0 heterocycles. The Morgan fingerprint density at radius 1 is 1.05 bits per heavy atom. The summed E-state index contributed by atoms with van der Waals surface area (Å²) in [4.78, 5) is 11.1. The standard InChI is InChI=1S/C19H30O3/c1-3-4-5-6-7-8-9-10-13-16(2)22-18-15-12-11-14-17(18)19(20)21/h11-12,14-16H,3-10,13H2,1-2H3,(H,20,21). The molecule has 0 aromatic heterocycles. The molecule has 1 aromatic carbocycles. The Morgan fingerprint density at radius 2 is 1.64 bits per heavy atom. The maximum Gasteiger partial charge on any atom is 0.339 e. The highest BCUT2D eigenvalue weighted by Crippen LogP contribution is 2.21. The average molecular weight is 306 g/mol. The second-order valence-electron chi connectivity index (χ2n) is 5.99. The number of hydrogen-bond donors (Lipinski definition) is 1. The van der Waals surface area contributed by atoms with E-state index >= 15 is 0 Å². The predicted octanol–water partition coefficient (Wildman–Crippen LogP) is 5.68. The normalized spacial score (nSPS) is 12.1. The molecule has 1 N–H and O–H groups in total. The molecule has 1 atom stereocenters. The Balaban J connectivity index is 2.19. The van der Waals surface area contributed by atoms with Crippen LogP contribution in [0.15, 0.2) is 24.3 Å². The number of ether oxygens (including phenoxy) is 1. The third-order valence-corrected chi connectivity index (χ3v) is 3.91. The van der Waals surface area contributed by atoms with E-state index in [-0.39, 0.29) is 11.7 Å². The SMILES string of the molecule is CCCCCCCCCCC(C)Oc1ccccc1C(=O)O. The van der Waals surface area contributed by atoms with E-state index in [0.717, 1.165) is 12.8 Å². The van der Waals surface area contributed by atoms with Crippen molar-refractivity contribution < 1.29 is 14.6 Å². The molecule has 0 spiro atoms. The van der Waals surface area contributed by atoms with Crippen molar-refractivity contribution in [1.82, 2.24) is 0 Å². The first-order chi connectivity index (χ1) is 10.6. The zero-order valence-corrected chi connectivity index (χ0v) is 14.0. The number of para-hydroxylation sites is 1. The van der Waals surface area contributed by atoms with E-state index in [1.807, 2.05) is 13.0 Å². The minimum atomic E-state index is -0.935. The zero-order chi connectivity index (χ0) is 16.2. The number of benzene rings is 1. The van der Waals surface area contributed by atoms with Crippen molar-refractivity contribution >= 4 is 5.97 Å². The van der Waals surface area contributed by atoms with Crippen LogP contribution in [-0.2, 0) is 0 Å². The molecule has 0 aliphatic rings. The molecular formula is C19H30O3. The number of unbranched alkanes of at least 4 members (excludes halogenated alkanes) is 7. The van der Waals surface area contributed by atoms with Gasteiger partial charge in [-0.05, 0) is 31.9 Å². The fraction of sp³-hybridized carbons (Fsp3) is 0.632. The molecule has 3 nitrogen and oxygen atoms in total. The van der Waals surface area contributed by atoms with Crippen LogP contribution in [-0.4, -0.2) is 17.2 Å². The van der Waals surface area contributed by atoms with E-state index in [1.54, 1.807) is 18.2 Å². The molecule has 0 amide bonds. The lowest BCUT2D eigenvalue weighted by molar-refractivity contribution is 0.0689. The Bertz CT molecular complexity index is 428. The number of carboxylic acid groups (broad SMARTS) is 1. The molecule has 124 valence electrons. The van der Waals surface area contributed by atoms with E-state index in [9.17, 15) is 4.79 Å². The molecule has 0 bridgehead atoms. The molecule has 0 aliphatic heterocycles. The first-order valence-corrected chi connectivity index (χ1v) is 8.64. The summed E-state index contributed by atoms with van der Waals surface area (Å²) in [6.07, 6.45) is 11.4. The van der Waals surface area contributed by atoms with Gasteiger partial charge in [-0.1, -0.05) is 64.0 Å². The number of carboxylic acids is 1. The van der Waals surface area contributed by atoms with Gasteiger partial charge < -0.3 is 9.84 Å². The van der Waals surface area contributed by atoms with Crippen molar-refractivity contribution in [3.05, 3.63) is 29.8 Å². The highest BCUT2D eigenvalue weighted by molar-refractivity contribution is 5.90. The Kier molecular flexibility index (Phi) is 9.36. The van der Waals surface area contributed by atoms with E-state index < -0.39 is 5.97 Å². The summed E-state index contributed by atoms with van der Waals surface area (Å²) in [5, 5.41) is 9.13. The van der Waals surface area contributed by atoms with Crippen molar-refractivity contribution in [2.45, 2.75) is 77.7 Å². The largest absolute Gasteiger partial charge is 0.490 e. The molecule has 1 unspecified atom stereocenters. The highest BCUT2D eigenvalue weighted by Gasteiger charge is 2.12. The van der Waals surface area contributed by atoms with Gasteiger partial charge in [-0.2, -0.15) is 0 Å². The number of rotatable bonds is 12. The summed E-state index contributed by atoms with van der Waals surface area (Å²) >= 11 is 0. The van der Waals surface area contributed by atoms with Gasteiger partial charge in [-0.25, -0.2) is 4.79 Å². The first kappa shape index (κ1) is 18.5. The third kappa shape index (κ3) is 7.48. The predicted molar refractivity (Wildman–Crippen MR) is 90.7 cm³/mol. The summed E-state index contributed by atoms with van der Waals surface area (Å²) < 4.78 is 5.79. The van der Waals surface area contributed by atoms with Gasteiger partial charge in [0.25, 0.3) is 0 Å². The molecule has 0 aliphatic carbocycles. The molecule has 1 aromatic rings. The summed E-state index contributed by atoms with van der Waals surface area (Å²) in [6.45, 7) is 4.25. The van der Waals surface area contributed by atoms with Crippen LogP contribution in [0, 0.1) is 0 Å². The van der Waals surface area contributed by atoms with Crippen molar-refractivity contribution in [2.75, 3.05) is 0 Å². The van der Waals surface area contributed by atoms with Crippen LogP contribution >= 0.6 is 0 Å². The van der Waals surface area contributed by atoms with Crippen LogP contribution in [0.4, 0.5) is 0 Å². The molecule has 1 rings (SSSR count). The zero-order valence-electron chi connectivity index (χ0n) is 14.0. The lowest BCUT2D eigenvalue weighted by Gasteiger charge is -2.16. The molecule has 0 radical (unpaired) electrons. The third-order valence-electron chi connectivity index (χ3n) is 3.91. The van der Waals surface area contributed by atoms with Crippen LogP contribution in [0.3, 0.4) is 0 Å². The monoisotopic (exact) mass is 306 g/mol. The average Bonchev–Trinajstić information content (AvgIpc) is 2.50. The van der Waals surface area contributed by atoms with Gasteiger partial charge in [0, 0.05) is 0 Å². The fourth-order valence-electron chi connectivity index (χ4n) is 2.59. The fourth-order valence-corrected chi connectivity index (χ4v) is 2.59. The van der Waals surface area contributed by atoms with Crippen LogP contribution in [0.5, 0.6) is 5.75 Å². The lowest BCUT2D eigenvalue weighted by Crippen LogP contribution is -2.14. The van der Waals surface area contributed by atoms with Gasteiger partial charge >= 0.3 is 5.97 Å². The van der Waals surface area contributed by atoms with E-state index in [0.29, 0.717) is 5.75 Å². The van der Waals surface area contributed by atoms with Crippen LogP contribution in [0.1, 0.15) is 82.0 Å². The van der Waals surface area contributed by atoms with Crippen molar-refractivity contribution in [3.8, 4) is 5.75 Å². The smallest absolute Gasteiger partial charge is 0.339 e. The summed E-state index contributed by atoms with van der Waals surface area (Å²) in [7, 11) is 0. The van der Waals surface area contributed by atoms with Crippen LogP contribution < -0.4 is 4.74 Å². The second kappa shape index (κ2) is 11.1. The molecular weight excluding hydrogens is 276 g/mol. The number of aromatic carboxylic acids is 1. The van der Waals surface area contributed by atoms with Gasteiger partial charge in [0.2, 0.25) is 0 Å². The first-order valence-electron chi connectivity index (χ1n) is 8.64. The van der Waals surface area contributed by atoms with Gasteiger partial charge in [0.05, 0.1) is 6.10 Å². The van der Waals surface area contributed by atoms with Gasteiger partial charge in [0.1, 0.15) is 11.3 Å². The summed E-state index contributed by atoms with van der Waals surface area (Å²) in [6, 6.07) is 6.85. The number of hydrogen-bond acceptors (Lipinski definition) is 2. The summed E-state index contributed by atoms with van der Waals surface area (Å²) in [5.41, 5.74) is 0.241. The molecule has 0 saturated heterocycles. The lowest BCUT2D eigenvalue weighted by atomic mass is 10.1. The maximum atomic E-state index is 11.1. The van der Waals surface area contributed by atoms with Gasteiger partial charge in [-0.3, -0.25) is 0 Å². The Morgan fingerprint density at radius 3 is 2.27 bits per heavy atom. The second-order valence-corrected chi connectivity index (χ2v) is 5.99. The Hall–Kier alpha value is -1.51. The van der Waals surface area contributed by atoms with Crippen molar-refractivity contribution in [1.29, 1.82) is 0 Å². The van der Waals surface area contributed by atoms with Crippen LogP contribution in [0.25, 0.3) is 0 Å². The topological polar surface area (TPSA) is 46.5 Å². The maximum absolute atomic E-state index is 11.1. The van der Waals surface area contributed by atoms with Crippen LogP contribution in [0.2, 0.25) is 0 Å². The van der Waals surface area contributed by atoms with Crippen molar-refractivity contribution in [3.63, 3.8) is 0 Å². The quantitative estimate of drug-likeness (QED) is 0.505. The highest BCUT2D eigenvalue weighted by atomic mass is 16.5. The minimum Gasteiger partial charge on any atom is -0.490 e. The molecule has 22 heavy (non-hydrogen) atoms. The minimum absolute atomic E-state index is 0.0561. The number of carbonyl (C=O) groups is 1. The summed E-state index contributed by atoms with van der Waals surface area (Å²) in [5.74, 6) is -0.461. The van der Waals surface area contributed by atoms with Gasteiger partial charge in [-0.15, -0.1) is 0 Å².